The number of aromatic nitrogens is 2. The van der Waals surface area contributed by atoms with Crippen molar-refractivity contribution >= 4 is 5.91 Å². The molecule has 9 heteroatoms. The number of carbonyl (C=O) groups is 1. The van der Waals surface area contributed by atoms with E-state index in [0.29, 0.717) is 25.5 Å². The first kappa shape index (κ1) is 19.6. The minimum atomic E-state index is -4.52. The van der Waals surface area contributed by atoms with E-state index in [1.54, 1.807) is 0 Å². The summed E-state index contributed by atoms with van der Waals surface area (Å²) in [6, 6.07) is 6.75. The van der Waals surface area contributed by atoms with Gasteiger partial charge in [-0.25, -0.2) is 0 Å². The second kappa shape index (κ2) is 7.61. The number of halogens is 3. The summed E-state index contributed by atoms with van der Waals surface area (Å²) in [6.45, 7) is 1.19. The summed E-state index contributed by atoms with van der Waals surface area (Å²) in [6.07, 6.45) is 0.596. The van der Waals surface area contributed by atoms with Crippen molar-refractivity contribution in [2.45, 2.75) is 43.8 Å². The van der Waals surface area contributed by atoms with Gasteiger partial charge in [0.15, 0.2) is 17.2 Å². The third kappa shape index (κ3) is 4.18. The highest BCUT2D eigenvalue weighted by molar-refractivity contribution is 5.75. The van der Waals surface area contributed by atoms with Crippen molar-refractivity contribution in [1.29, 1.82) is 0 Å². The van der Waals surface area contributed by atoms with Crippen LogP contribution in [0.15, 0.2) is 30.5 Å². The lowest BCUT2D eigenvalue weighted by Crippen LogP contribution is -2.40. The summed E-state index contributed by atoms with van der Waals surface area (Å²) in [5, 5.41) is 6.31. The number of rotatable bonds is 5. The van der Waals surface area contributed by atoms with Crippen LogP contribution in [0.2, 0.25) is 0 Å². The molecule has 6 nitrogen and oxygen atoms in total. The van der Waals surface area contributed by atoms with Crippen LogP contribution in [0, 0.1) is 0 Å². The quantitative estimate of drug-likeness (QED) is 0.823. The van der Waals surface area contributed by atoms with Crippen molar-refractivity contribution in [3.8, 4) is 11.5 Å². The van der Waals surface area contributed by atoms with E-state index in [9.17, 15) is 18.0 Å². The molecular weight excluding hydrogens is 387 g/mol. The van der Waals surface area contributed by atoms with Crippen LogP contribution in [0.3, 0.4) is 0 Å². The Morgan fingerprint density at radius 1 is 1.14 bits per heavy atom. The molecule has 1 aliphatic carbocycles. The Morgan fingerprint density at radius 3 is 2.55 bits per heavy atom. The summed E-state index contributed by atoms with van der Waals surface area (Å²) in [7, 11) is 0. The Balaban J connectivity index is 1.43. The SMILES string of the molecule is O=C(Cn1ccc(C(F)(F)F)n1)NCC1(c2ccc3c(c2)OCCO3)CCCC1. The zero-order valence-electron chi connectivity index (χ0n) is 15.8. The van der Waals surface area contributed by atoms with E-state index >= 15 is 0 Å². The predicted octanol–water partition coefficient (Wildman–Crippen LogP) is 3.30. The minimum absolute atomic E-state index is 0.216. The van der Waals surface area contributed by atoms with Crippen LogP contribution < -0.4 is 14.8 Å². The Hall–Kier alpha value is -2.71. The Morgan fingerprint density at radius 2 is 1.86 bits per heavy atom. The van der Waals surface area contributed by atoms with Crippen LogP contribution in [-0.2, 0) is 22.9 Å². The number of carbonyl (C=O) groups excluding carboxylic acids is 1. The number of ether oxygens (including phenoxy) is 2. The lowest BCUT2D eigenvalue weighted by molar-refractivity contribution is -0.141. The van der Waals surface area contributed by atoms with Gasteiger partial charge in [0.25, 0.3) is 0 Å². The molecule has 0 bridgehead atoms. The van der Waals surface area contributed by atoms with E-state index in [1.165, 1.54) is 0 Å². The molecule has 29 heavy (non-hydrogen) atoms. The number of nitrogens with zero attached hydrogens (tertiary/aromatic N) is 2. The van der Waals surface area contributed by atoms with Crippen molar-refractivity contribution in [3.63, 3.8) is 0 Å². The van der Waals surface area contributed by atoms with Crippen LogP contribution in [0.25, 0.3) is 0 Å². The maximum atomic E-state index is 12.7. The molecule has 2 heterocycles. The third-order valence-corrected chi connectivity index (χ3v) is 5.58. The number of fused-ring (bicyclic) bond motifs is 1. The first-order chi connectivity index (χ1) is 13.9. The maximum Gasteiger partial charge on any atom is 0.435 e. The highest BCUT2D eigenvalue weighted by Crippen LogP contribution is 2.43. The van der Waals surface area contributed by atoms with E-state index in [0.717, 1.165) is 53.9 Å². The molecule has 0 spiro atoms. The monoisotopic (exact) mass is 409 g/mol. The molecule has 2 aromatic rings. The Bertz CT molecular complexity index is 889. The van der Waals surface area contributed by atoms with Crippen molar-refractivity contribution < 1.29 is 27.4 Å². The summed E-state index contributed by atoms with van der Waals surface area (Å²) in [5.41, 5.74) is -0.140. The molecule has 2 aliphatic rings. The molecule has 1 aromatic heterocycles. The van der Waals surface area contributed by atoms with Gasteiger partial charge in [0.2, 0.25) is 5.91 Å². The predicted molar refractivity (Wildman–Crippen MR) is 97.8 cm³/mol. The second-order valence-corrected chi connectivity index (χ2v) is 7.52. The summed E-state index contributed by atoms with van der Waals surface area (Å²) >= 11 is 0. The molecule has 1 aromatic carbocycles. The Labute approximate surface area is 166 Å². The normalized spacial score (nSPS) is 17.9. The fourth-order valence-electron chi connectivity index (χ4n) is 4.06. The third-order valence-electron chi connectivity index (χ3n) is 5.58. The average Bonchev–Trinajstić information content (AvgIpc) is 3.36. The van der Waals surface area contributed by atoms with Gasteiger partial charge in [-0.3, -0.25) is 9.48 Å². The van der Waals surface area contributed by atoms with Gasteiger partial charge in [-0.05, 0) is 36.6 Å². The summed E-state index contributed by atoms with van der Waals surface area (Å²) in [5.74, 6) is 1.06. The summed E-state index contributed by atoms with van der Waals surface area (Å²) < 4.78 is 50.2. The van der Waals surface area contributed by atoms with Crippen LogP contribution in [0.1, 0.15) is 36.9 Å². The van der Waals surface area contributed by atoms with Gasteiger partial charge in [0.05, 0.1) is 0 Å². The van der Waals surface area contributed by atoms with Gasteiger partial charge in [-0.2, -0.15) is 18.3 Å². The summed E-state index contributed by atoms with van der Waals surface area (Å²) in [4.78, 5) is 12.3. The molecule has 1 amide bonds. The zero-order chi connectivity index (χ0) is 20.5. The van der Waals surface area contributed by atoms with Crippen LogP contribution in [-0.4, -0.2) is 35.4 Å². The first-order valence-electron chi connectivity index (χ1n) is 9.63. The molecule has 0 atom stereocenters. The van der Waals surface area contributed by atoms with Crippen LogP contribution in [0.4, 0.5) is 13.2 Å². The number of alkyl halides is 3. The number of benzene rings is 1. The molecule has 1 saturated carbocycles. The van der Waals surface area contributed by atoms with Crippen molar-refractivity contribution in [1.82, 2.24) is 15.1 Å². The molecule has 4 rings (SSSR count). The smallest absolute Gasteiger partial charge is 0.435 e. The lowest BCUT2D eigenvalue weighted by atomic mass is 9.78. The fourth-order valence-corrected chi connectivity index (χ4v) is 4.06. The van der Waals surface area contributed by atoms with E-state index in [4.69, 9.17) is 9.47 Å². The highest BCUT2D eigenvalue weighted by atomic mass is 19.4. The fraction of sp³-hybridized carbons (Fsp3) is 0.500. The van der Waals surface area contributed by atoms with Gasteiger partial charge in [0, 0.05) is 18.2 Å². The largest absolute Gasteiger partial charge is 0.486 e. The highest BCUT2D eigenvalue weighted by Gasteiger charge is 2.37. The lowest BCUT2D eigenvalue weighted by Gasteiger charge is -2.31. The van der Waals surface area contributed by atoms with E-state index < -0.39 is 11.9 Å². The van der Waals surface area contributed by atoms with Crippen LogP contribution >= 0.6 is 0 Å². The molecule has 0 radical (unpaired) electrons. The number of amides is 1. The topological polar surface area (TPSA) is 65.4 Å². The van der Waals surface area contributed by atoms with E-state index in [2.05, 4.69) is 10.4 Å². The van der Waals surface area contributed by atoms with Crippen molar-refractivity contribution in [2.75, 3.05) is 19.8 Å². The van der Waals surface area contributed by atoms with Gasteiger partial charge in [0.1, 0.15) is 19.8 Å². The van der Waals surface area contributed by atoms with Crippen molar-refractivity contribution in [3.05, 3.63) is 41.7 Å². The van der Waals surface area contributed by atoms with E-state index in [1.807, 2.05) is 18.2 Å². The first-order valence-corrected chi connectivity index (χ1v) is 9.63. The van der Waals surface area contributed by atoms with Gasteiger partial charge in [-0.15, -0.1) is 0 Å². The molecule has 1 aliphatic heterocycles. The van der Waals surface area contributed by atoms with E-state index in [-0.39, 0.29) is 17.9 Å². The molecule has 156 valence electrons. The molecule has 0 saturated heterocycles. The minimum Gasteiger partial charge on any atom is -0.486 e. The average molecular weight is 409 g/mol. The molecule has 0 unspecified atom stereocenters. The van der Waals surface area contributed by atoms with Gasteiger partial charge >= 0.3 is 6.18 Å². The molecular formula is C20H22F3N3O3. The molecule has 1 N–H and O–H groups in total. The maximum absolute atomic E-state index is 12.7. The zero-order valence-corrected chi connectivity index (χ0v) is 15.8. The van der Waals surface area contributed by atoms with Crippen molar-refractivity contribution in [2.24, 2.45) is 0 Å². The van der Waals surface area contributed by atoms with Gasteiger partial charge in [-0.1, -0.05) is 18.9 Å². The second-order valence-electron chi connectivity index (χ2n) is 7.52. The van der Waals surface area contributed by atoms with Crippen LogP contribution in [0.5, 0.6) is 11.5 Å². The Kier molecular flexibility index (Phi) is 5.14. The van der Waals surface area contributed by atoms with Gasteiger partial charge < -0.3 is 14.8 Å². The number of hydrogen-bond acceptors (Lipinski definition) is 4. The standard InChI is InChI=1S/C20H22F3N3O3/c21-20(22,23)17-5-8-26(25-17)12-18(27)24-13-19(6-1-2-7-19)14-3-4-15-16(11-14)29-10-9-28-15/h3-5,8,11H,1-2,6-7,9-10,12-13H2,(H,24,27). The number of hydrogen-bond donors (Lipinski definition) is 1. The number of nitrogens with one attached hydrogen (secondary N) is 1. The molecule has 1 fully saturated rings.